The molecule has 0 aliphatic rings. The van der Waals surface area contributed by atoms with Crippen molar-refractivity contribution in [2.45, 2.75) is 39.0 Å². The Morgan fingerprint density at radius 3 is 2.12 bits per heavy atom. The van der Waals surface area contributed by atoms with Crippen molar-refractivity contribution in [3.05, 3.63) is 0 Å². The summed E-state index contributed by atoms with van der Waals surface area (Å²) in [5, 5.41) is 6.84. The SMILES string of the molecule is CCCCCCC[OH2+]. The molecule has 0 amide bonds. The lowest BCUT2D eigenvalue weighted by atomic mass is 10.2. The Kier molecular flexibility index (Phi) is 6.93. The fraction of sp³-hybridized carbons (Fsp3) is 1.00. The second-order valence-electron chi connectivity index (χ2n) is 2.16. The van der Waals surface area contributed by atoms with Crippen molar-refractivity contribution < 1.29 is 5.11 Å². The molecule has 0 fully saturated rings. The summed E-state index contributed by atoms with van der Waals surface area (Å²) in [7, 11) is 0. The predicted octanol–water partition coefficient (Wildman–Crippen LogP) is 1.68. The van der Waals surface area contributed by atoms with E-state index in [0.717, 1.165) is 6.42 Å². The fourth-order valence-corrected chi connectivity index (χ4v) is 0.729. The molecule has 0 bridgehead atoms. The minimum atomic E-state index is 0.615. The van der Waals surface area contributed by atoms with Gasteiger partial charge < -0.3 is 5.11 Å². The van der Waals surface area contributed by atoms with Crippen molar-refractivity contribution in [2.75, 3.05) is 6.61 Å². The average Bonchev–Trinajstić information content (AvgIpc) is 1.81. The van der Waals surface area contributed by atoms with Gasteiger partial charge in [-0.2, -0.15) is 0 Å². The van der Waals surface area contributed by atoms with Gasteiger partial charge in [0.15, 0.2) is 0 Å². The van der Waals surface area contributed by atoms with Gasteiger partial charge in [-0.25, -0.2) is 0 Å². The zero-order chi connectivity index (χ0) is 6.24. The summed E-state index contributed by atoms with van der Waals surface area (Å²) >= 11 is 0. The van der Waals surface area contributed by atoms with E-state index in [1.807, 2.05) is 0 Å². The molecule has 0 aromatic heterocycles. The molecule has 0 unspecified atom stereocenters. The first kappa shape index (κ1) is 7.96. The van der Waals surface area contributed by atoms with Gasteiger partial charge in [-0.3, -0.25) is 0 Å². The van der Waals surface area contributed by atoms with Crippen LogP contribution in [0.3, 0.4) is 0 Å². The smallest absolute Gasteiger partial charge is 0.143 e. The number of hydrogen-bond acceptors (Lipinski definition) is 0. The minimum Gasteiger partial charge on any atom is -0.445 e. The van der Waals surface area contributed by atoms with Crippen LogP contribution in [0.15, 0.2) is 0 Å². The normalized spacial score (nSPS) is 9.75. The van der Waals surface area contributed by atoms with Gasteiger partial charge in [0.05, 0.1) is 0 Å². The minimum absolute atomic E-state index is 0.615. The van der Waals surface area contributed by atoms with Gasteiger partial charge in [0.1, 0.15) is 6.61 Å². The van der Waals surface area contributed by atoms with E-state index in [9.17, 15) is 0 Å². The molecule has 0 aromatic carbocycles. The predicted molar refractivity (Wildman–Crippen MR) is 37.2 cm³/mol. The fourth-order valence-electron chi connectivity index (χ4n) is 0.729. The molecule has 50 valence electrons. The van der Waals surface area contributed by atoms with Crippen molar-refractivity contribution in [1.29, 1.82) is 0 Å². The van der Waals surface area contributed by atoms with Crippen LogP contribution in [0, 0.1) is 0 Å². The molecule has 0 aliphatic heterocycles. The molecule has 8 heavy (non-hydrogen) atoms. The molecule has 0 atom stereocenters. The summed E-state index contributed by atoms with van der Waals surface area (Å²) < 4.78 is 0. The molecular weight excluding hydrogens is 100 g/mol. The van der Waals surface area contributed by atoms with Gasteiger partial charge >= 0.3 is 0 Å². The molecule has 0 spiro atoms. The van der Waals surface area contributed by atoms with Crippen molar-refractivity contribution in [1.82, 2.24) is 0 Å². The lowest BCUT2D eigenvalue weighted by Gasteiger charge is -1.92. The quantitative estimate of drug-likeness (QED) is 0.386. The van der Waals surface area contributed by atoms with Gasteiger partial charge in [-0.1, -0.05) is 26.2 Å². The third kappa shape index (κ3) is 5.96. The molecule has 1 heteroatoms. The molecule has 0 aromatic rings. The summed E-state index contributed by atoms with van der Waals surface area (Å²) in [5.74, 6) is 0. The van der Waals surface area contributed by atoms with Crippen LogP contribution >= 0.6 is 0 Å². The van der Waals surface area contributed by atoms with E-state index >= 15 is 0 Å². The monoisotopic (exact) mass is 117 g/mol. The lowest BCUT2D eigenvalue weighted by Crippen LogP contribution is -1.81. The maximum atomic E-state index is 6.84. The van der Waals surface area contributed by atoms with Gasteiger partial charge in [0.2, 0.25) is 0 Å². The highest BCUT2D eigenvalue weighted by Crippen LogP contribution is 2.00. The largest absolute Gasteiger partial charge is 0.445 e. The van der Waals surface area contributed by atoms with Crippen LogP contribution in [0.1, 0.15) is 39.0 Å². The highest BCUT2D eigenvalue weighted by molar-refractivity contribution is 4.39. The van der Waals surface area contributed by atoms with Crippen LogP contribution in [0.4, 0.5) is 0 Å². The van der Waals surface area contributed by atoms with Crippen LogP contribution in [0.2, 0.25) is 0 Å². The van der Waals surface area contributed by atoms with E-state index in [0.29, 0.717) is 6.61 Å². The van der Waals surface area contributed by atoms with E-state index in [2.05, 4.69) is 6.92 Å². The molecule has 1 nitrogen and oxygen atoms in total. The molecule has 0 rings (SSSR count). The Hall–Kier alpha value is -0.0400. The molecule has 0 aliphatic carbocycles. The number of unbranched alkanes of at least 4 members (excludes halogenated alkanes) is 4. The number of rotatable bonds is 5. The first-order valence-corrected chi connectivity index (χ1v) is 3.56. The zero-order valence-corrected chi connectivity index (χ0v) is 5.74. The summed E-state index contributed by atoms with van der Waals surface area (Å²) in [6, 6.07) is 0. The number of hydrogen-bond donors (Lipinski definition) is 0. The van der Waals surface area contributed by atoms with E-state index in [-0.39, 0.29) is 0 Å². The van der Waals surface area contributed by atoms with Crippen LogP contribution in [0.5, 0.6) is 0 Å². The first-order valence-electron chi connectivity index (χ1n) is 3.56. The highest BCUT2D eigenvalue weighted by Gasteiger charge is 1.86. The maximum absolute atomic E-state index is 6.84. The van der Waals surface area contributed by atoms with Gasteiger partial charge in [0, 0.05) is 6.42 Å². The van der Waals surface area contributed by atoms with Gasteiger partial charge in [-0.05, 0) is 6.42 Å². The highest BCUT2D eigenvalue weighted by atomic mass is 16.2. The topological polar surface area (TPSA) is 22.9 Å². The third-order valence-corrected chi connectivity index (χ3v) is 1.28. The second-order valence-corrected chi connectivity index (χ2v) is 2.16. The van der Waals surface area contributed by atoms with Crippen molar-refractivity contribution in [3.63, 3.8) is 0 Å². The summed E-state index contributed by atoms with van der Waals surface area (Å²) in [6.45, 7) is 2.82. The Labute approximate surface area is 51.7 Å². The molecule has 0 heterocycles. The molecule has 0 radical (unpaired) electrons. The van der Waals surface area contributed by atoms with Crippen LogP contribution in [0.25, 0.3) is 0 Å². The molecule has 2 N–H and O–H groups in total. The molecular formula is C7H17O+. The Morgan fingerprint density at radius 1 is 1.00 bits per heavy atom. The molecule has 0 saturated carbocycles. The Bertz CT molecular complexity index is 29.4. The summed E-state index contributed by atoms with van der Waals surface area (Å²) in [6.07, 6.45) is 6.34. The molecule has 0 saturated heterocycles. The van der Waals surface area contributed by atoms with E-state index in [1.165, 1.54) is 25.7 Å². The lowest BCUT2D eigenvalue weighted by molar-refractivity contribution is 0.282. The standard InChI is InChI=1S/C7H16O/c1-2-3-4-5-6-7-8/h8H,2-7H2,1H3/p+1. The van der Waals surface area contributed by atoms with Crippen molar-refractivity contribution in [2.24, 2.45) is 0 Å². The van der Waals surface area contributed by atoms with Crippen molar-refractivity contribution >= 4 is 0 Å². The average molecular weight is 117 g/mol. The van der Waals surface area contributed by atoms with E-state index in [1.54, 1.807) is 0 Å². The third-order valence-electron chi connectivity index (χ3n) is 1.28. The Morgan fingerprint density at radius 2 is 1.62 bits per heavy atom. The van der Waals surface area contributed by atoms with E-state index < -0.39 is 0 Å². The first-order chi connectivity index (χ1) is 3.91. The van der Waals surface area contributed by atoms with Crippen LogP contribution < -0.4 is 0 Å². The summed E-state index contributed by atoms with van der Waals surface area (Å²) in [5.41, 5.74) is 0. The summed E-state index contributed by atoms with van der Waals surface area (Å²) in [4.78, 5) is 0. The zero-order valence-electron chi connectivity index (χ0n) is 5.74. The van der Waals surface area contributed by atoms with Crippen LogP contribution in [-0.4, -0.2) is 11.7 Å². The maximum Gasteiger partial charge on any atom is 0.143 e. The van der Waals surface area contributed by atoms with Gasteiger partial charge in [0.25, 0.3) is 0 Å². The van der Waals surface area contributed by atoms with Crippen molar-refractivity contribution in [3.8, 4) is 0 Å². The van der Waals surface area contributed by atoms with Gasteiger partial charge in [-0.15, -0.1) is 0 Å². The second kappa shape index (κ2) is 6.96. The van der Waals surface area contributed by atoms with E-state index in [4.69, 9.17) is 5.11 Å². The van der Waals surface area contributed by atoms with Crippen LogP contribution in [-0.2, 0) is 0 Å². The Balaban J connectivity index is 2.53.